The Morgan fingerprint density at radius 1 is 1.25 bits per heavy atom. The highest BCUT2D eigenvalue weighted by molar-refractivity contribution is 5.76. The number of carbonyl (C=O) groups excluding carboxylic acids is 1. The summed E-state index contributed by atoms with van der Waals surface area (Å²) in [6.07, 6.45) is 3.05. The van der Waals surface area contributed by atoms with E-state index in [4.69, 9.17) is 4.74 Å². The van der Waals surface area contributed by atoms with E-state index < -0.39 is 0 Å². The highest BCUT2D eigenvalue weighted by atomic mass is 16.5. The number of hydrogen-bond donors (Lipinski definition) is 0. The summed E-state index contributed by atoms with van der Waals surface area (Å²) in [5.74, 6) is 2.70. The molecule has 3 rings (SSSR count). The molecule has 2 fully saturated rings. The van der Waals surface area contributed by atoms with Gasteiger partial charge in [0.2, 0.25) is 5.91 Å². The van der Waals surface area contributed by atoms with Crippen LogP contribution in [0.25, 0.3) is 0 Å². The molecule has 0 radical (unpaired) electrons. The monoisotopic (exact) mass is 335 g/mol. The Morgan fingerprint density at radius 2 is 2.04 bits per heavy atom. The average Bonchev–Trinajstić information content (AvgIpc) is 2.91. The highest BCUT2D eigenvalue weighted by Crippen LogP contribution is 2.19. The third-order valence-electron chi connectivity index (χ3n) is 5.00. The van der Waals surface area contributed by atoms with Crippen molar-refractivity contribution in [2.24, 2.45) is 5.92 Å². The number of morpholine rings is 1. The number of carbonyl (C=O) groups is 1. The largest absolute Gasteiger partial charge is 0.378 e. The molecule has 1 aromatic heterocycles. The van der Waals surface area contributed by atoms with E-state index in [0.29, 0.717) is 25.6 Å². The van der Waals surface area contributed by atoms with Gasteiger partial charge in [0.25, 0.3) is 0 Å². The van der Waals surface area contributed by atoms with Crippen LogP contribution in [0.5, 0.6) is 0 Å². The Balaban J connectivity index is 1.45. The van der Waals surface area contributed by atoms with E-state index in [2.05, 4.69) is 15.0 Å². The maximum atomic E-state index is 12.3. The van der Waals surface area contributed by atoms with Gasteiger partial charge in [-0.25, -0.2) is 9.67 Å². The quantitative estimate of drug-likeness (QED) is 0.798. The number of aromatic nitrogens is 3. The molecule has 0 aliphatic carbocycles. The molecular formula is C17H29N5O2. The standard InChI is InChI=1S/C17H29N5O2/c1-14-18-15(2)22(19-14)13-16-4-3-6-20(12-16)7-5-17(23)21-8-10-24-11-9-21/h16H,3-13H2,1-2H3/t16-/m0/s1. The summed E-state index contributed by atoms with van der Waals surface area (Å²) < 4.78 is 7.34. The molecule has 2 aliphatic rings. The fraction of sp³-hybridized carbons (Fsp3) is 0.824. The Morgan fingerprint density at radius 3 is 2.75 bits per heavy atom. The van der Waals surface area contributed by atoms with Gasteiger partial charge in [0.15, 0.2) is 0 Å². The van der Waals surface area contributed by atoms with Crippen LogP contribution in [-0.4, -0.2) is 76.4 Å². The Labute approximate surface area is 144 Å². The lowest BCUT2D eigenvalue weighted by molar-refractivity contribution is -0.135. The first-order valence-electron chi connectivity index (χ1n) is 9.08. The van der Waals surface area contributed by atoms with Crippen LogP contribution in [0, 0.1) is 19.8 Å². The minimum Gasteiger partial charge on any atom is -0.378 e. The summed E-state index contributed by atoms with van der Waals surface area (Å²) in [6.45, 7) is 10.7. The van der Waals surface area contributed by atoms with Gasteiger partial charge in [0.05, 0.1) is 13.2 Å². The van der Waals surface area contributed by atoms with Crippen molar-refractivity contribution >= 4 is 5.91 Å². The SMILES string of the molecule is Cc1nc(C)n(C[C@H]2CCCN(CCC(=O)N3CCOCC3)C2)n1. The van der Waals surface area contributed by atoms with Crippen LogP contribution in [-0.2, 0) is 16.1 Å². The van der Waals surface area contributed by atoms with Crippen LogP contribution < -0.4 is 0 Å². The predicted octanol–water partition coefficient (Wildman–Crippen LogP) is 0.856. The Hall–Kier alpha value is -1.47. The molecule has 7 heteroatoms. The van der Waals surface area contributed by atoms with E-state index >= 15 is 0 Å². The van der Waals surface area contributed by atoms with E-state index in [9.17, 15) is 4.79 Å². The first-order valence-corrected chi connectivity index (χ1v) is 9.08. The average molecular weight is 335 g/mol. The summed E-state index contributed by atoms with van der Waals surface area (Å²) >= 11 is 0. The van der Waals surface area contributed by atoms with Crippen molar-refractivity contribution in [1.29, 1.82) is 0 Å². The van der Waals surface area contributed by atoms with Gasteiger partial charge in [-0.05, 0) is 39.2 Å². The van der Waals surface area contributed by atoms with Crippen LogP contribution >= 0.6 is 0 Å². The molecule has 0 spiro atoms. The van der Waals surface area contributed by atoms with Crippen molar-refractivity contribution in [3.8, 4) is 0 Å². The van der Waals surface area contributed by atoms with E-state index in [0.717, 1.165) is 50.9 Å². The molecule has 0 aromatic carbocycles. The van der Waals surface area contributed by atoms with Gasteiger partial charge < -0.3 is 14.5 Å². The molecule has 0 saturated carbocycles. The number of piperidine rings is 1. The first kappa shape index (κ1) is 17.4. The fourth-order valence-corrected chi connectivity index (χ4v) is 3.71. The highest BCUT2D eigenvalue weighted by Gasteiger charge is 2.23. The lowest BCUT2D eigenvalue weighted by atomic mass is 9.98. The van der Waals surface area contributed by atoms with Crippen LogP contribution in [0.1, 0.15) is 30.9 Å². The number of amides is 1. The summed E-state index contributed by atoms with van der Waals surface area (Å²) in [5, 5.41) is 4.48. The van der Waals surface area contributed by atoms with Gasteiger partial charge in [0.1, 0.15) is 11.6 Å². The van der Waals surface area contributed by atoms with E-state index in [1.165, 1.54) is 12.8 Å². The smallest absolute Gasteiger partial charge is 0.224 e. The molecule has 0 bridgehead atoms. The molecule has 7 nitrogen and oxygen atoms in total. The lowest BCUT2D eigenvalue weighted by Gasteiger charge is -2.33. The van der Waals surface area contributed by atoms with Gasteiger partial charge >= 0.3 is 0 Å². The first-order chi connectivity index (χ1) is 11.6. The third-order valence-corrected chi connectivity index (χ3v) is 5.00. The van der Waals surface area contributed by atoms with Crippen molar-refractivity contribution in [2.75, 3.05) is 45.9 Å². The van der Waals surface area contributed by atoms with E-state index in [-0.39, 0.29) is 5.91 Å². The molecule has 3 heterocycles. The van der Waals surface area contributed by atoms with Gasteiger partial charge in [-0.15, -0.1) is 0 Å². The third kappa shape index (κ3) is 4.54. The van der Waals surface area contributed by atoms with E-state index in [1.54, 1.807) is 0 Å². The summed E-state index contributed by atoms with van der Waals surface area (Å²) in [6, 6.07) is 0. The molecule has 2 aliphatic heterocycles. The molecular weight excluding hydrogens is 306 g/mol. The van der Waals surface area contributed by atoms with Crippen LogP contribution in [0.3, 0.4) is 0 Å². The summed E-state index contributed by atoms with van der Waals surface area (Å²) in [5.41, 5.74) is 0. The number of nitrogens with zero attached hydrogens (tertiary/aromatic N) is 5. The van der Waals surface area contributed by atoms with Crippen molar-refractivity contribution in [1.82, 2.24) is 24.6 Å². The summed E-state index contributed by atoms with van der Waals surface area (Å²) in [7, 11) is 0. The molecule has 0 N–H and O–H groups in total. The maximum Gasteiger partial charge on any atom is 0.224 e. The number of aryl methyl sites for hydroxylation is 2. The molecule has 2 saturated heterocycles. The topological polar surface area (TPSA) is 63.5 Å². The lowest BCUT2D eigenvalue weighted by Crippen LogP contribution is -2.43. The normalized spacial score (nSPS) is 22.8. The number of ether oxygens (including phenoxy) is 1. The van der Waals surface area contributed by atoms with Gasteiger partial charge in [-0.1, -0.05) is 0 Å². The van der Waals surface area contributed by atoms with Crippen LogP contribution in [0.15, 0.2) is 0 Å². The minimum absolute atomic E-state index is 0.267. The number of rotatable bonds is 5. The molecule has 1 aromatic rings. The van der Waals surface area contributed by atoms with Crippen molar-refractivity contribution in [2.45, 2.75) is 39.7 Å². The second-order valence-electron chi connectivity index (χ2n) is 6.94. The minimum atomic E-state index is 0.267. The zero-order chi connectivity index (χ0) is 16.9. The van der Waals surface area contributed by atoms with Crippen molar-refractivity contribution < 1.29 is 9.53 Å². The Bertz CT molecular complexity index is 553. The summed E-state index contributed by atoms with van der Waals surface area (Å²) in [4.78, 5) is 21.0. The van der Waals surface area contributed by atoms with Crippen molar-refractivity contribution in [3.63, 3.8) is 0 Å². The van der Waals surface area contributed by atoms with Gasteiger partial charge in [0, 0.05) is 39.1 Å². The van der Waals surface area contributed by atoms with Gasteiger partial charge in [-0.2, -0.15) is 5.10 Å². The second-order valence-corrected chi connectivity index (χ2v) is 6.94. The molecule has 0 unspecified atom stereocenters. The number of hydrogen-bond acceptors (Lipinski definition) is 5. The second kappa shape index (κ2) is 8.07. The number of likely N-dealkylation sites (tertiary alicyclic amines) is 1. The fourth-order valence-electron chi connectivity index (χ4n) is 3.71. The van der Waals surface area contributed by atoms with Gasteiger partial charge in [-0.3, -0.25) is 4.79 Å². The predicted molar refractivity (Wildman–Crippen MR) is 90.7 cm³/mol. The Kier molecular flexibility index (Phi) is 5.84. The van der Waals surface area contributed by atoms with Crippen LogP contribution in [0.2, 0.25) is 0 Å². The molecule has 1 atom stereocenters. The van der Waals surface area contributed by atoms with E-state index in [1.807, 2.05) is 23.4 Å². The molecule has 1 amide bonds. The molecule has 134 valence electrons. The molecule has 24 heavy (non-hydrogen) atoms. The zero-order valence-corrected chi connectivity index (χ0v) is 14.9. The zero-order valence-electron chi connectivity index (χ0n) is 14.9. The van der Waals surface area contributed by atoms with Crippen molar-refractivity contribution in [3.05, 3.63) is 11.6 Å². The van der Waals surface area contributed by atoms with Crippen LogP contribution in [0.4, 0.5) is 0 Å². The maximum absolute atomic E-state index is 12.3.